The number of nitrogens with zero attached hydrogens (tertiary/aromatic N) is 2. The second kappa shape index (κ2) is 9.62. The minimum Gasteiger partial charge on any atom is -0.481 e. The molecule has 0 radical (unpaired) electrons. The van der Waals surface area contributed by atoms with Crippen LogP contribution in [-0.2, 0) is 11.3 Å². The van der Waals surface area contributed by atoms with Crippen LogP contribution < -0.4 is 9.47 Å². The number of aryl methyl sites for hydroxylation is 1. The average Bonchev–Trinajstić information content (AvgIpc) is 2.63. The summed E-state index contributed by atoms with van der Waals surface area (Å²) in [6.07, 6.45) is 9.03. The maximum Gasteiger partial charge on any atom is 0.303 e. The van der Waals surface area contributed by atoms with Crippen LogP contribution in [0.2, 0.25) is 0 Å². The van der Waals surface area contributed by atoms with E-state index in [0.717, 1.165) is 25.2 Å². The second-order valence-corrected chi connectivity index (χ2v) is 5.96. The predicted molar refractivity (Wildman–Crippen MR) is 102 cm³/mol. The van der Waals surface area contributed by atoms with Gasteiger partial charge in [-0.25, -0.2) is 4.57 Å². The Morgan fingerprint density at radius 2 is 1.56 bits per heavy atom. The van der Waals surface area contributed by atoms with Gasteiger partial charge in [-0.3, -0.25) is 4.79 Å². The molecular formula is C21H27N2O2+. The van der Waals surface area contributed by atoms with Gasteiger partial charge in [0.15, 0.2) is 12.4 Å². The SMILES string of the molecule is CCN(CC)c1ccc(C=Cc2cc[n+](CCCC(=O)O)cc2)cc1. The van der Waals surface area contributed by atoms with Crippen LogP contribution in [0.5, 0.6) is 0 Å². The van der Waals surface area contributed by atoms with Gasteiger partial charge in [0.2, 0.25) is 0 Å². The Bertz CT molecular complexity index is 687. The molecule has 2 aromatic rings. The van der Waals surface area contributed by atoms with Gasteiger partial charge >= 0.3 is 5.97 Å². The molecular weight excluding hydrogens is 312 g/mol. The molecule has 1 aromatic carbocycles. The molecule has 4 nitrogen and oxygen atoms in total. The Kier molecular flexibility index (Phi) is 7.20. The standard InChI is InChI=1S/C21H26N2O2/c1-3-23(4-2)20-11-9-18(10-12-20)7-8-19-13-16-22(17-14-19)15-5-6-21(24)25/h7-14,16-17H,3-6,15H2,1-2H3/p+1. The number of pyridine rings is 1. The highest BCUT2D eigenvalue weighted by Crippen LogP contribution is 2.16. The number of carboxylic acids is 1. The van der Waals surface area contributed by atoms with Gasteiger partial charge in [0, 0.05) is 37.3 Å². The molecule has 0 amide bonds. The Hall–Kier alpha value is -2.62. The van der Waals surface area contributed by atoms with Crippen molar-refractivity contribution in [1.29, 1.82) is 0 Å². The number of benzene rings is 1. The van der Waals surface area contributed by atoms with E-state index in [2.05, 4.69) is 55.2 Å². The molecule has 0 bridgehead atoms. The van der Waals surface area contributed by atoms with E-state index < -0.39 is 5.97 Å². The summed E-state index contributed by atoms with van der Waals surface area (Å²) >= 11 is 0. The monoisotopic (exact) mass is 339 g/mol. The highest BCUT2D eigenvalue weighted by molar-refractivity contribution is 5.70. The number of carboxylic acid groups (broad SMARTS) is 1. The summed E-state index contributed by atoms with van der Waals surface area (Å²) in [4.78, 5) is 12.9. The number of carbonyl (C=O) groups is 1. The Labute approximate surface area is 150 Å². The first kappa shape index (κ1) is 18.7. The van der Waals surface area contributed by atoms with Crippen molar-refractivity contribution in [1.82, 2.24) is 0 Å². The van der Waals surface area contributed by atoms with Crippen molar-refractivity contribution in [2.24, 2.45) is 0 Å². The van der Waals surface area contributed by atoms with E-state index in [9.17, 15) is 4.79 Å². The molecule has 0 atom stereocenters. The third-order valence-electron chi connectivity index (χ3n) is 4.21. The van der Waals surface area contributed by atoms with Gasteiger partial charge in [-0.05, 0) is 37.1 Å². The third kappa shape index (κ3) is 6.07. The largest absolute Gasteiger partial charge is 0.481 e. The summed E-state index contributed by atoms with van der Waals surface area (Å²) in [5.74, 6) is -0.743. The fraction of sp³-hybridized carbons (Fsp3) is 0.333. The van der Waals surface area contributed by atoms with Gasteiger partial charge in [-0.1, -0.05) is 24.3 Å². The Balaban J connectivity index is 1.93. The minimum atomic E-state index is -0.743. The summed E-state index contributed by atoms with van der Waals surface area (Å²) in [7, 11) is 0. The zero-order valence-corrected chi connectivity index (χ0v) is 15.1. The molecule has 0 aliphatic rings. The molecule has 4 heteroatoms. The van der Waals surface area contributed by atoms with Crippen molar-refractivity contribution >= 4 is 23.8 Å². The lowest BCUT2D eigenvalue weighted by Gasteiger charge is -2.20. The molecule has 0 aliphatic heterocycles. The number of hydrogen-bond acceptors (Lipinski definition) is 2. The average molecular weight is 339 g/mol. The second-order valence-electron chi connectivity index (χ2n) is 5.96. The first-order valence-electron chi connectivity index (χ1n) is 8.86. The van der Waals surface area contributed by atoms with Crippen LogP contribution in [0.4, 0.5) is 5.69 Å². The Morgan fingerprint density at radius 3 is 2.08 bits per heavy atom. The first-order valence-corrected chi connectivity index (χ1v) is 8.86. The van der Waals surface area contributed by atoms with E-state index in [-0.39, 0.29) is 6.42 Å². The maximum absolute atomic E-state index is 10.5. The number of hydrogen-bond donors (Lipinski definition) is 1. The number of aliphatic carboxylic acids is 1. The van der Waals surface area contributed by atoms with Crippen LogP contribution in [0.3, 0.4) is 0 Å². The van der Waals surface area contributed by atoms with E-state index >= 15 is 0 Å². The van der Waals surface area contributed by atoms with Crippen molar-refractivity contribution < 1.29 is 14.5 Å². The maximum atomic E-state index is 10.5. The van der Waals surface area contributed by atoms with Crippen LogP contribution >= 0.6 is 0 Å². The van der Waals surface area contributed by atoms with Gasteiger partial charge in [0.1, 0.15) is 6.54 Å². The Morgan fingerprint density at radius 1 is 1.00 bits per heavy atom. The fourth-order valence-corrected chi connectivity index (χ4v) is 2.72. The molecule has 132 valence electrons. The molecule has 0 spiro atoms. The topological polar surface area (TPSA) is 44.4 Å². The minimum absolute atomic E-state index is 0.206. The molecule has 0 saturated heterocycles. The highest BCUT2D eigenvalue weighted by atomic mass is 16.4. The third-order valence-corrected chi connectivity index (χ3v) is 4.21. The lowest BCUT2D eigenvalue weighted by Crippen LogP contribution is -2.32. The number of aromatic nitrogens is 1. The first-order chi connectivity index (χ1) is 12.1. The fourth-order valence-electron chi connectivity index (χ4n) is 2.72. The summed E-state index contributed by atoms with van der Waals surface area (Å²) in [6, 6.07) is 12.7. The molecule has 25 heavy (non-hydrogen) atoms. The van der Waals surface area contributed by atoms with Crippen LogP contribution in [-0.4, -0.2) is 24.2 Å². The predicted octanol–water partition coefficient (Wildman–Crippen LogP) is 3.86. The normalized spacial score (nSPS) is 11.0. The van der Waals surface area contributed by atoms with Gasteiger partial charge in [0.05, 0.1) is 6.42 Å². The highest BCUT2D eigenvalue weighted by Gasteiger charge is 2.03. The van der Waals surface area contributed by atoms with Gasteiger partial charge in [-0.2, -0.15) is 0 Å². The summed E-state index contributed by atoms with van der Waals surface area (Å²) in [5.41, 5.74) is 3.56. The zero-order valence-electron chi connectivity index (χ0n) is 15.1. The van der Waals surface area contributed by atoms with Crippen molar-refractivity contribution in [2.45, 2.75) is 33.2 Å². The summed E-state index contributed by atoms with van der Waals surface area (Å²) in [6.45, 7) is 7.09. The van der Waals surface area contributed by atoms with E-state index in [1.165, 1.54) is 11.3 Å². The van der Waals surface area contributed by atoms with Gasteiger partial charge in [-0.15, -0.1) is 0 Å². The molecule has 1 aromatic heterocycles. The molecule has 2 rings (SSSR count). The zero-order chi connectivity index (χ0) is 18.1. The molecule has 0 saturated carbocycles. The number of anilines is 1. The van der Waals surface area contributed by atoms with Crippen molar-refractivity contribution in [3.8, 4) is 0 Å². The van der Waals surface area contributed by atoms with E-state index in [0.29, 0.717) is 6.42 Å². The van der Waals surface area contributed by atoms with E-state index in [1.807, 2.05) is 29.1 Å². The van der Waals surface area contributed by atoms with Gasteiger partial charge < -0.3 is 10.0 Å². The molecule has 0 aliphatic carbocycles. The van der Waals surface area contributed by atoms with Crippen LogP contribution in [0, 0.1) is 0 Å². The summed E-state index contributed by atoms with van der Waals surface area (Å²) < 4.78 is 2.01. The lowest BCUT2D eigenvalue weighted by atomic mass is 10.1. The molecule has 0 fully saturated rings. The van der Waals surface area contributed by atoms with Crippen LogP contribution in [0.15, 0.2) is 48.8 Å². The van der Waals surface area contributed by atoms with Gasteiger partial charge in [0.25, 0.3) is 0 Å². The van der Waals surface area contributed by atoms with Crippen molar-refractivity contribution in [3.63, 3.8) is 0 Å². The van der Waals surface area contributed by atoms with E-state index in [1.54, 1.807) is 0 Å². The van der Waals surface area contributed by atoms with E-state index in [4.69, 9.17) is 5.11 Å². The summed E-state index contributed by atoms with van der Waals surface area (Å²) in [5, 5.41) is 8.67. The molecule has 1 heterocycles. The molecule has 0 unspecified atom stereocenters. The van der Waals surface area contributed by atoms with Crippen LogP contribution in [0.25, 0.3) is 12.2 Å². The van der Waals surface area contributed by atoms with Crippen molar-refractivity contribution in [3.05, 3.63) is 59.9 Å². The smallest absolute Gasteiger partial charge is 0.303 e. The lowest BCUT2D eigenvalue weighted by molar-refractivity contribution is -0.697. The van der Waals surface area contributed by atoms with Crippen molar-refractivity contribution in [2.75, 3.05) is 18.0 Å². The van der Waals surface area contributed by atoms with Crippen LogP contribution in [0.1, 0.15) is 37.8 Å². The quantitative estimate of drug-likeness (QED) is 0.706. The number of rotatable bonds is 9. The molecule has 1 N–H and O–H groups in total.